The molecule has 0 spiro atoms. The van der Waals surface area contributed by atoms with Crippen molar-refractivity contribution in [2.75, 3.05) is 0 Å². The van der Waals surface area contributed by atoms with Gasteiger partial charge in [-0.05, 0) is 34.4 Å². The SMILES string of the molecule is [2H]c1c([2H])c(-c2cccc(-c3ccc([Si](C)(C)C)cc3)c2)c([2H])c(-c2nc(-c3ccccc3)nc(-c3ccccc3)n2)c1[2H]. The Kier molecular flexibility index (Phi) is 5.74. The van der Waals surface area contributed by atoms with Crippen molar-refractivity contribution in [2.24, 2.45) is 0 Å². The molecular formula is C36H31N3Si. The minimum Gasteiger partial charge on any atom is -0.208 e. The van der Waals surface area contributed by atoms with E-state index < -0.39 is 8.07 Å². The van der Waals surface area contributed by atoms with Gasteiger partial charge < -0.3 is 0 Å². The van der Waals surface area contributed by atoms with Crippen LogP contribution in [0.4, 0.5) is 0 Å². The van der Waals surface area contributed by atoms with Gasteiger partial charge >= 0.3 is 0 Å². The summed E-state index contributed by atoms with van der Waals surface area (Å²) in [6.45, 7) is 6.95. The monoisotopic (exact) mass is 537 g/mol. The topological polar surface area (TPSA) is 38.7 Å². The van der Waals surface area contributed by atoms with Gasteiger partial charge in [-0.15, -0.1) is 0 Å². The van der Waals surface area contributed by atoms with Gasteiger partial charge in [0.1, 0.15) is 0 Å². The maximum atomic E-state index is 9.30. The van der Waals surface area contributed by atoms with Crippen molar-refractivity contribution in [3.8, 4) is 56.4 Å². The summed E-state index contributed by atoms with van der Waals surface area (Å²) in [6.07, 6.45) is 0. The molecular weight excluding hydrogens is 503 g/mol. The number of hydrogen-bond donors (Lipinski definition) is 0. The molecule has 0 atom stereocenters. The van der Waals surface area contributed by atoms with E-state index >= 15 is 0 Å². The van der Waals surface area contributed by atoms with E-state index in [1.165, 1.54) is 5.19 Å². The lowest BCUT2D eigenvalue weighted by Gasteiger charge is -2.17. The second-order valence-electron chi connectivity index (χ2n) is 10.7. The summed E-state index contributed by atoms with van der Waals surface area (Å²) in [6, 6.07) is 34.5. The molecule has 0 saturated heterocycles. The first-order valence-electron chi connectivity index (χ1n) is 15.3. The molecule has 0 unspecified atom stereocenters. The molecule has 1 heterocycles. The minimum absolute atomic E-state index is 0.0635. The zero-order chi connectivity index (χ0) is 31.0. The third-order valence-electron chi connectivity index (χ3n) is 6.78. The lowest BCUT2D eigenvalue weighted by molar-refractivity contribution is 1.07. The Balaban J connectivity index is 1.53. The summed E-state index contributed by atoms with van der Waals surface area (Å²) in [5, 5.41) is 1.37. The first-order chi connectivity index (χ1) is 21.1. The fourth-order valence-corrected chi connectivity index (χ4v) is 5.70. The first-order valence-corrected chi connectivity index (χ1v) is 16.8. The highest BCUT2D eigenvalue weighted by atomic mass is 28.3. The van der Waals surface area contributed by atoms with Crippen LogP contribution in [-0.2, 0) is 0 Å². The van der Waals surface area contributed by atoms with E-state index in [2.05, 4.69) is 43.9 Å². The molecule has 6 aromatic rings. The van der Waals surface area contributed by atoms with Crippen LogP contribution in [0.1, 0.15) is 5.48 Å². The summed E-state index contributed by atoms with van der Waals surface area (Å²) in [4.78, 5) is 14.2. The molecule has 0 amide bonds. The fourth-order valence-electron chi connectivity index (χ4n) is 4.54. The van der Waals surface area contributed by atoms with Gasteiger partial charge in [0.2, 0.25) is 0 Å². The van der Waals surface area contributed by atoms with E-state index in [-0.39, 0.29) is 41.1 Å². The molecule has 4 heteroatoms. The summed E-state index contributed by atoms with van der Waals surface area (Å²) in [7, 11) is -1.44. The van der Waals surface area contributed by atoms with Gasteiger partial charge in [-0.1, -0.05) is 146 Å². The standard InChI is InChI=1S/C36H31N3Si/c1-40(2,3)33-22-20-26(21-23-33)29-16-10-17-30(24-29)31-18-11-19-32(25-31)36-38-34(27-12-6-4-7-13-27)37-35(39-36)28-14-8-5-9-15-28/h4-25H,1-3H3/i11D,18D,19D,25D. The van der Waals surface area contributed by atoms with Crippen LogP contribution in [0.3, 0.4) is 0 Å². The van der Waals surface area contributed by atoms with E-state index in [0.29, 0.717) is 17.2 Å². The highest BCUT2D eigenvalue weighted by Gasteiger charge is 2.16. The molecule has 0 bridgehead atoms. The quantitative estimate of drug-likeness (QED) is 0.199. The Hall–Kier alpha value is -4.67. The van der Waals surface area contributed by atoms with Gasteiger partial charge in [-0.3, -0.25) is 0 Å². The maximum Gasteiger partial charge on any atom is 0.164 e. The second-order valence-corrected chi connectivity index (χ2v) is 15.8. The first kappa shape index (κ1) is 21.2. The molecule has 0 radical (unpaired) electrons. The Labute approximate surface area is 242 Å². The third kappa shape index (κ3) is 5.53. The van der Waals surface area contributed by atoms with Crippen LogP contribution in [0.15, 0.2) is 133 Å². The van der Waals surface area contributed by atoms with Gasteiger partial charge in [0.15, 0.2) is 17.5 Å². The Morgan fingerprint density at radius 2 is 0.950 bits per heavy atom. The molecule has 0 saturated carbocycles. The smallest absolute Gasteiger partial charge is 0.164 e. The normalized spacial score (nSPS) is 12.8. The number of hydrogen-bond acceptors (Lipinski definition) is 3. The predicted octanol–water partition coefficient (Wildman–Crippen LogP) is 8.75. The molecule has 6 rings (SSSR count). The van der Waals surface area contributed by atoms with E-state index in [4.69, 9.17) is 19.1 Å². The Bertz CT molecular complexity index is 1920. The van der Waals surface area contributed by atoms with Gasteiger partial charge in [-0.2, -0.15) is 0 Å². The summed E-state index contributed by atoms with van der Waals surface area (Å²) < 4.78 is 35.7. The third-order valence-corrected chi connectivity index (χ3v) is 8.85. The average molecular weight is 538 g/mol. The molecule has 3 nitrogen and oxygen atoms in total. The van der Waals surface area contributed by atoms with Crippen LogP contribution >= 0.6 is 0 Å². The molecule has 0 aliphatic rings. The van der Waals surface area contributed by atoms with Crippen LogP contribution in [0, 0.1) is 0 Å². The molecule has 0 N–H and O–H groups in total. The van der Waals surface area contributed by atoms with E-state index in [9.17, 15) is 1.37 Å². The van der Waals surface area contributed by atoms with Crippen molar-refractivity contribution < 1.29 is 5.48 Å². The van der Waals surface area contributed by atoms with Crippen LogP contribution < -0.4 is 5.19 Å². The largest absolute Gasteiger partial charge is 0.208 e. The molecule has 194 valence electrons. The average Bonchev–Trinajstić information content (AvgIpc) is 3.04. The molecule has 0 fully saturated rings. The van der Waals surface area contributed by atoms with Crippen molar-refractivity contribution in [1.82, 2.24) is 15.0 Å². The highest BCUT2D eigenvalue weighted by molar-refractivity contribution is 6.88. The van der Waals surface area contributed by atoms with E-state index in [1.54, 1.807) is 0 Å². The van der Waals surface area contributed by atoms with E-state index in [0.717, 1.165) is 22.3 Å². The minimum atomic E-state index is -1.44. The number of nitrogens with zero attached hydrogens (tertiary/aromatic N) is 3. The van der Waals surface area contributed by atoms with Gasteiger partial charge in [0.25, 0.3) is 0 Å². The molecule has 0 aliphatic heterocycles. The summed E-state index contributed by atoms with van der Waals surface area (Å²) >= 11 is 0. The van der Waals surface area contributed by atoms with Gasteiger partial charge in [-0.25, -0.2) is 15.0 Å². The van der Waals surface area contributed by atoms with Crippen molar-refractivity contribution in [3.05, 3.63) is 133 Å². The van der Waals surface area contributed by atoms with Crippen LogP contribution in [0.2, 0.25) is 19.6 Å². The van der Waals surface area contributed by atoms with Crippen molar-refractivity contribution in [3.63, 3.8) is 0 Å². The molecule has 40 heavy (non-hydrogen) atoms. The van der Waals surface area contributed by atoms with Crippen molar-refractivity contribution in [2.45, 2.75) is 19.6 Å². The summed E-state index contributed by atoms with van der Waals surface area (Å²) in [5.74, 6) is 0.931. The zero-order valence-corrected chi connectivity index (χ0v) is 23.7. The molecule has 1 aromatic heterocycles. The lowest BCUT2D eigenvalue weighted by Crippen LogP contribution is -2.37. The molecule has 0 aliphatic carbocycles. The van der Waals surface area contributed by atoms with E-state index in [1.807, 2.05) is 84.9 Å². The Morgan fingerprint density at radius 3 is 1.50 bits per heavy atom. The zero-order valence-electron chi connectivity index (χ0n) is 26.7. The fraction of sp³-hybridized carbons (Fsp3) is 0.0833. The van der Waals surface area contributed by atoms with Crippen molar-refractivity contribution in [1.29, 1.82) is 0 Å². The van der Waals surface area contributed by atoms with Gasteiger partial charge in [0, 0.05) is 16.7 Å². The van der Waals surface area contributed by atoms with Crippen LogP contribution in [-0.4, -0.2) is 23.0 Å². The van der Waals surface area contributed by atoms with Crippen LogP contribution in [0.5, 0.6) is 0 Å². The maximum absolute atomic E-state index is 9.30. The lowest BCUT2D eigenvalue weighted by atomic mass is 9.98. The Morgan fingerprint density at radius 1 is 0.475 bits per heavy atom. The highest BCUT2D eigenvalue weighted by Crippen LogP contribution is 2.30. The predicted molar refractivity (Wildman–Crippen MR) is 170 cm³/mol. The van der Waals surface area contributed by atoms with Crippen molar-refractivity contribution >= 4 is 13.3 Å². The second kappa shape index (κ2) is 10.8. The van der Waals surface area contributed by atoms with Gasteiger partial charge in [0.05, 0.1) is 13.6 Å². The molecule has 5 aromatic carbocycles. The number of benzene rings is 5. The summed E-state index contributed by atoms with van der Waals surface area (Å²) in [5.41, 5.74) is 4.51. The van der Waals surface area contributed by atoms with Crippen LogP contribution in [0.25, 0.3) is 56.4 Å². The number of aromatic nitrogens is 3. The number of rotatable bonds is 6.